The Kier molecular flexibility index (Phi) is 3.25. The van der Waals surface area contributed by atoms with Gasteiger partial charge in [0.2, 0.25) is 0 Å². The van der Waals surface area contributed by atoms with Gasteiger partial charge in [0.15, 0.2) is 0 Å². The number of nitrogens with one attached hydrogen (secondary N) is 3. The van der Waals surface area contributed by atoms with Crippen molar-refractivity contribution in [1.29, 1.82) is 0 Å². The third-order valence-electron chi connectivity index (χ3n) is 3.20. The highest BCUT2D eigenvalue weighted by atomic mass is 16.1. The summed E-state index contributed by atoms with van der Waals surface area (Å²) in [5.41, 5.74) is 3.40. The van der Waals surface area contributed by atoms with Gasteiger partial charge in [0.1, 0.15) is 5.69 Å². The quantitative estimate of drug-likeness (QED) is 0.680. The van der Waals surface area contributed by atoms with Crippen molar-refractivity contribution >= 4 is 16.8 Å². The van der Waals surface area contributed by atoms with E-state index in [1.165, 1.54) is 0 Å². The molecule has 1 aromatic carbocycles. The second-order valence-electron chi connectivity index (χ2n) is 4.70. The van der Waals surface area contributed by atoms with Gasteiger partial charge in [-0.05, 0) is 30.7 Å². The maximum absolute atomic E-state index is 11.9. The smallest absolute Gasteiger partial charge is 0.251 e. The number of aromatic amines is 2. The fourth-order valence-corrected chi connectivity index (χ4v) is 2.16. The molecule has 102 valence electrons. The Morgan fingerprint density at radius 3 is 2.95 bits per heavy atom. The van der Waals surface area contributed by atoms with Crippen LogP contribution >= 0.6 is 0 Å². The number of rotatable bonds is 4. The summed E-state index contributed by atoms with van der Waals surface area (Å²) < 4.78 is 0. The highest BCUT2D eigenvalue weighted by Crippen LogP contribution is 2.23. The van der Waals surface area contributed by atoms with Crippen LogP contribution in [0.4, 0.5) is 0 Å². The van der Waals surface area contributed by atoms with Crippen molar-refractivity contribution < 1.29 is 4.79 Å². The van der Waals surface area contributed by atoms with Crippen LogP contribution in [-0.4, -0.2) is 27.6 Å². The zero-order chi connectivity index (χ0) is 13.9. The van der Waals surface area contributed by atoms with Gasteiger partial charge < -0.3 is 10.3 Å². The number of hydrogen-bond acceptors (Lipinski definition) is 2. The maximum atomic E-state index is 11.9. The van der Waals surface area contributed by atoms with E-state index in [0.717, 1.165) is 28.7 Å². The van der Waals surface area contributed by atoms with E-state index in [9.17, 15) is 4.79 Å². The lowest BCUT2D eigenvalue weighted by atomic mass is 10.1. The minimum atomic E-state index is -0.0373. The van der Waals surface area contributed by atoms with Crippen LogP contribution in [0, 0.1) is 0 Å². The molecule has 20 heavy (non-hydrogen) atoms. The molecule has 0 aliphatic rings. The highest BCUT2D eigenvalue weighted by molar-refractivity contribution is 5.98. The van der Waals surface area contributed by atoms with Gasteiger partial charge in [-0.25, -0.2) is 0 Å². The number of H-pyrrole nitrogens is 2. The van der Waals surface area contributed by atoms with Gasteiger partial charge in [-0.2, -0.15) is 5.10 Å². The zero-order valence-electron chi connectivity index (χ0n) is 11.2. The van der Waals surface area contributed by atoms with Crippen LogP contribution in [-0.2, 0) is 0 Å². The first-order chi connectivity index (χ1) is 9.78. The Hall–Kier alpha value is -2.56. The number of nitrogens with zero attached hydrogens (tertiary/aromatic N) is 1. The first kappa shape index (κ1) is 12.5. The molecular formula is C15H16N4O. The molecule has 1 amide bonds. The average molecular weight is 268 g/mol. The largest absolute Gasteiger partial charge is 0.353 e. The van der Waals surface area contributed by atoms with Gasteiger partial charge in [0.25, 0.3) is 5.91 Å². The summed E-state index contributed by atoms with van der Waals surface area (Å²) in [5, 5.41) is 10.9. The van der Waals surface area contributed by atoms with Crippen molar-refractivity contribution in [2.45, 2.75) is 13.3 Å². The van der Waals surface area contributed by atoms with E-state index in [0.29, 0.717) is 12.1 Å². The molecule has 0 bridgehead atoms. The average Bonchev–Trinajstić information content (AvgIpc) is 3.11. The number of carbonyl (C=O) groups is 1. The lowest BCUT2D eigenvalue weighted by Crippen LogP contribution is -2.23. The minimum absolute atomic E-state index is 0.0373. The molecule has 0 aliphatic heterocycles. The molecular weight excluding hydrogens is 252 g/mol. The summed E-state index contributed by atoms with van der Waals surface area (Å²) in [6.07, 6.45) is 2.71. The lowest BCUT2D eigenvalue weighted by Gasteiger charge is -2.03. The van der Waals surface area contributed by atoms with E-state index in [2.05, 4.69) is 20.5 Å². The van der Waals surface area contributed by atoms with Crippen LogP contribution in [0.3, 0.4) is 0 Å². The van der Waals surface area contributed by atoms with Gasteiger partial charge >= 0.3 is 0 Å². The molecule has 0 spiro atoms. The van der Waals surface area contributed by atoms with Gasteiger partial charge in [-0.3, -0.25) is 9.89 Å². The number of amides is 1. The Morgan fingerprint density at radius 1 is 1.30 bits per heavy atom. The summed E-state index contributed by atoms with van der Waals surface area (Å²) in [7, 11) is 0. The second kappa shape index (κ2) is 5.21. The second-order valence-corrected chi connectivity index (χ2v) is 4.70. The summed E-state index contributed by atoms with van der Waals surface area (Å²) in [6.45, 7) is 2.73. The molecule has 2 heterocycles. The number of aromatic nitrogens is 3. The number of fused-ring (bicyclic) bond motifs is 1. The molecule has 5 nitrogen and oxygen atoms in total. The molecule has 5 heteroatoms. The topological polar surface area (TPSA) is 73.6 Å². The number of carbonyl (C=O) groups excluding carboxylic acids is 1. The summed E-state index contributed by atoms with van der Waals surface area (Å²) in [4.78, 5) is 15.2. The van der Waals surface area contributed by atoms with Crippen LogP contribution in [0.5, 0.6) is 0 Å². The Balaban J connectivity index is 1.93. The lowest BCUT2D eigenvalue weighted by molar-refractivity contribution is 0.0954. The van der Waals surface area contributed by atoms with Gasteiger partial charge in [-0.15, -0.1) is 0 Å². The van der Waals surface area contributed by atoms with Crippen molar-refractivity contribution in [2.75, 3.05) is 6.54 Å². The molecule has 0 aliphatic carbocycles. The van der Waals surface area contributed by atoms with Crippen molar-refractivity contribution in [3.8, 4) is 11.4 Å². The van der Waals surface area contributed by atoms with Gasteiger partial charge in [0.05, 0.1) is 5.69 Å². The predicted octanol–water partition coefficient (Wildman–Crippen LogP) is 2.70. The molecule has 0 radical (unpaired) electrons. The number of hydrogen-bond donors (Lipinski definition) is 3. The Morgan fingerprint density at radius 2 is 2.20 bits per heavy atom. The van der Waals surface area contributed by atoms with Crippen LogP contribution in [0.2, 0.25) is 0 Å². The molecule has 3 N–H and O–H groups in total. The monoisotopic (exact) mass is 268 g/mol. The van der Waals surface area contributed by atoms with E-state index in [4.69, 9.17) is 0 Å². The van der Waals surface area contributed by atoms with E-state index in [-0.39, 0.29) is 5.91 Å². The summed E-state index contributed by atoms with van der Waals surface area (Å²) in [6, 6.07) is 9.59. The SMILES string of the molecule is CCCNC(=O)c1ccc2cc(-c3cc[nH]n3)[nH]c2c1. The van der Waals surface area contributed by atoms with Gasteiger partial charge in [-0.1, -0.05) is 13.0 Å². The Labute approximate surface area is 116 Å². The number of benzene rings is 1. The summed E-state index contributed by atoms with van der Waals surface area (Å²) in [5.74, 6) is -0.0373. The first-order valence-corrected chi connectivity index (χ1v) is 6.69. The van der Waals surface area contributed by atoms with E-state index >= 15 is 0 Å². The van der Waals surface area contributed by atoms with Gasteiger partial charge in [0, 0.05) is 29.2 Å². The molecule has 3 aromatic rings. The van der Waals surface area contributed by atoms with Crippen molar-refractivity contribution in [2.24, 2.45) is 0 Å². The normalized spacial score (nSPS) is 10.8. The van der Waals surface area contributed by atoms with E-state index < -0.39 is 0 Å². The molecule has 3 rings (SSSR count). The third kappa shape index (κ3) is 2.30. The first-order valence-electron chi connectivity index (χ1n) is 6.69. The van der Waals surface area contributed by atoms with Crippen LogP contribution < -0.4 is 5.32 Å². The molecule has 0 atom stereocenters. The highest BCUT2D eigenvalue weighted by Gasteiger charge is 2.09. The van der Waals surface area contributed by atoms with E-state index in [1.807, 2.05) is 37.3 Å². The standard InChI is InChI=1S/C15H16N4O/c1-2-6-16-15(20)11-4-3-10-8-14(18-13(10)9-11)12-5-7-17-19-12/h3-5,7-9,18H,2,6H2,1H3,(H,16,20)(H,17,19). The van der Waals surface area contributed by atoms with Crippen molar-refractivity contribution in [1.82, 2.24) is 20.5 Å². The predicted molar refractivity (Wildman–Crippen MR) is 78.5 cm³/mol. The molecule has 0 unspecified atom stereocenters. The fraction of sp³-hybridized carbons (Fsp3) is 0.200. The molecule has 0 fully saturated rings. The molecule has 0 saturated heterocycles. The fourth-order valence-electron chi connectivity index (χ4n) is 2.16. The third-order valence-corrected chi connectivity index (χ3v) is 3.20. The minimum Gasteiger partial charge on any atom is -0.353 e. The van der Waals surface area contributed by atoms with Crippen LogP contribution in [0.25, 0.3) is 22.3 Å². The molecule has 2 aromatic heterocycles. The Bertz CT molecular complexity index is 728. The zero-order valence-corrected chi connectivity index (χ0v) is 11.2. The van der Waals surface area contributed by atoms with Crippen LogP contribution in [0.1, 0.15) is 23.7 Å². The maximum Gasteiger partial charge on any atom is 0.251 e. The van der Waals surface area contributed by atoms with E-state index in [1.54, 1.807) is 6.20 Å². The summed E-state index contributed by atoms with van der Waals surface area (Å²) >= 11 is 0. The van der Waals surface area contributed by atoms with Crippen molar-refractivity contribution in [3.63, 3.8) is 0 Å². The molecule has 0 saturated carbocycles. The van der Waals surface area contributed by atoms with Crippen molar-refractivity contribution in [3.05, 3.63) is 42.1 Å². The van der Waals surface area contributed by atoms with Crippen LogP contribution in [0.15, 0.2) is 36.5 Å².